The first-order valence-electron chi connectivity index (χ1n) is 8.22. The van der Waals surface area contributed by atoms with Crippen molar-refractivity contribution in [3.8, 4) is 0 Å². The fourth-order valence-corrected chi connectivity index (χ4v) is 3.03. The van der Waals surface area contributed by atoms with Gasteiger partial charge in [-0.15, -0.1) is 0 Å². The van der Waals surface area contributed by atoms with Crippen molar-refractivity contribution in [2.24, 2.45) is 0 Å². The molecule has 0 saturated carbocycles. The third-order valence-electron chi connectivity index (χ3n) is 4.17. The summed E-state index contributed by atoms with van der Waals surface area (Å²) in [6.07, 6.45) is -1.20. The second kappa shape index (κ2) is 7.21. The lowest BCUT2D eigenvalue weighted by atomic mass is 10.1. The third kappa shape index (κ3) is 3.57. The molecule has 1 amide bonds. The summed E-state index contributed by atoms with van der Waals surface area (Å²) in [5.41, 5.74) is 1.45. The molecule has 0 aliphatic rings. The first-order chi connectivity index (χ1) is 12.4. The van der Waals surface area contributed by atoms with Crippen LogP contribution < -0.4 is 5.32 Å². The van der Waals surface area contributed by atoms with Crippen LogP contribution in [0, 0.1) is 11.6 Å². The van der Waals surface area contributed by atoms with Crippen molar-refractivity contribution in [3.05, 3.63) is 65.5 Å². The van der Waals surface area contributed by atoms with Gasteiger partial charge >= 0.3 is 0 Å². The number of carbonyl (C=O) groups excluding carboxylic acids is 1. The summed E-state index contributed by atoms with van der Waals surface area (Å²) in [6, 6.07) is 10.00. The number of nitrogens with zero attached hydrogens (tertiary/aromatic N) is 2. The van der Waals surface area contributed by atoms with Gasteiger partial charge in [0, 0.05) is 18.6 Å². The quantitative estimate of drug-likeness (QED) is 0.735. The molecular formula is C19H19F2N3O2. The van der Waals surface area contributed by atoms with E-state index in [2.05, 4.69) is 10.3 Å². The van der Waals surface area contributed by atoms with Crippen LogP contribution in [0.25, 0.3) is 11.0 Å². The molecule has 1 heterocycles. The Hall–Kier alpha value is -2.80. The van der Waals surface area contributed by atoms with Gasteiger partial charge in [0.2, 0.25) is 5.91 Å². The maximum absolute atomic E-state index is 14.0. The number of benzene rings is 2. The van der Waals surface area contributed by atoms with E-state index in [0.29, 0.717) is 11.3 Å². The predicted octanol–water partition coefficient (Wildman–Crippen LogP) is 3.25. The van der Waals surface area contributed by atoms with Gasteiger partial charge in [-0.2, -0.15) is 0 Å². The monoisotopic (exact) mass is 359 g/mol. The molecule has 3 rings (SSSR count). The fraction of sp³-hybridized carbons (Fsp3) is 0.263. The molecule has 0 bridgehead atoms. The fourth-order valence-electron chi connectivity index (χ4n) is 3.03. The molecule has 2 atom stereocenters. The first-order valence-corrected chi connectivity index (χ1v) is 8.22. The molecule has 2 N–H and O–H groups in total. The van der Waals surface area contributed by atoms with Gasteiger partial charge in [-0.05, 0) is 25.1 Å². The molecule has 3 aromatic rings. The van der Waals surface area contributed by atoms with Crippen molar-refractivity contribution in [2.75, 3.05) is 0 Å². The zero-order chi connectivity index (χ0) is 18.8. The average molecular weight is 359 g/mol. The Kier molecular flexibility index (Phi) is 4.99. The van der Waals surface area contributed by atoms with Crippen molar-refractivity contribution < 1.29 is 18.7 Å². The molecule has 0 radical (unpaired) electrons. The number of hydrogen-bond acceptors (Lipinski definition) is 3. The number of aliphatic hydroxyl groups is 1. The van der Waals surface area contributed by atoms with Crippen LogP contribution in [0.15, 0.2) is 42.5 Å². The van der Waals surface area contributed by atoms with E-state index in [4.69, 9.17) is 0 Å². The summed E-state index contributed by atoms with van der Waals surface area (Å²) in [5.74, 6) is -1.17. The lowest BCUT2D eigenvalue weighted by Gasteiger charge is -2.19. The largest absolute Gasteiger partial charge is 0.386 e. The van der Waals surface area contributed by atoms with Crippen LogP contribution in [-0.4, -0.2) is 20.6 Å². The highest BCUT2D eigenvalue weighted by molar-refractivity contribution is 5.77. The number of aliphatic hydroxyl groups excluding tert-OH is 1. The van der Waals surface area contributed by atoms with Crippen LogP contribution >= 0.6 is 0 Å². The molecule has 26 heavy (non-hydrogen) atoms. The number of hydrogen-bond donors (Lipinski definition) is 2. The van der Waals surface area contributed by atoms with Gasteiger partial charge in [0.25, 0.3) is 0 Å². The Labute approximate surface area is 149 Å². The molecule has 0 spiro atoms. The number of fused-ring (bicyclic) bond motifs is 1. The molecular weight excluding hydrogens is 340 g/mol. The third-order valence-corrected chi connectivity index (χ3v) is 4.17. The van der Waals surface area contributed by atoms with E-state index in [0.717, 1.165) is 17.6 Å². The Bertz CT molecular complexity index is 955. The van der Waals surface area contributed by atoms with Gasteiger partial charge in [0.1, 0.15) is 17.5 Å². The second-order valence-electron chi connectivity index (χ2n) is 6.17. The van der Waals surface area contributed by atoms with E-state index in [1.807, 2.05) is 24.3 Å². The van der Waals surface area contributed by atoms with Gasteiger partial charge in [0.05, 0.1) is 29.7 Å². The van der Waals surface area contributed by atoms with E-state index in [-0.39, 0.29) is 18.0 Å². The summed E-state index contributed by atoms with van der Waals surface area (Å²) >= 11 is 0. The standard InChI is InChI=1S/C19H19F2N3O2/c1-11(22-12(2)25)19-23-16-5-3-4-6-17(16)24(19)10-18(26)14-8-7-13(20)9-15(14)21/h3-9,11,18,26H,10H2,1-2H3,(H,22,25)/t11-,18-/m0/s1. The maximum Gasteiger partial charge on any atom is 0.217 e. The SMILES string of the molecule is CC(=O)N[C@@H](C)c1nc2ccccc2n1C[C@H](O)c1ccc(F)cc1F. The molecule has 1 aromatic heterocycles. The summed E-state index contributed by atoms with van der Waals surface area (Å²) in [5, 5.41) is 13.3. The van der Waals surface area contributed by atoms with Gasteiger partial charge in [-0.3, -0.25) is 4.79 Å². The molecule has 7 heteroatoms. The number of amides is 1. The topological polar surface area (TPSA) is 67.2 Å². The smallest absolute Gasteiger partial charge is 0.217 e. The Morgan fingerprint density at radius 3 is 2.69 bits per heavy atom. The van der Waals surface area contributed by atoms with Crippen molar-refractivity contribution >= 4 is 16.9 Å². The highest BCUT2D eigenvalue weighted by atomic mass is 19.1. The minimum Gasteiger partial charge on any atom is -0.386 e. The van der Waals surface area contributed by atoms with Crippen molar-refractivity contribution in [2.45, 2.75) is 32.5 Å². The lowest BCUT2D eigenvalue weighted by molar-refractivity contribution is -0.119. The van der Waals surface area contributed by atoms with Crippen LogP contribution in [-0.2, 0) is 11.3 Å². The minimum absolute atomic E-state index is 0.00214. The molecule has 0 fully saturated rings. The highest BCUT2D eigenvalue weighted by Crippen LogP contribution is 2.26. The Morgan fingerprint density at radius 1 is 1.27 bits per heavy atom. The number of nitrogens with one attached hydrogen (secondary N) is 1. The normalized spacial score (nSPS) is 13.6. The highest BCUT2D eigenvalue weighted by Gasteiger charge is 2.21. The van der Waals surface area contributed by atoms with E-state index in [1.54, 1.807) is 11.5 Å². The van der Waals surface area contributed by atoms with E-state index < -0.39 is 23.8 Å². The second-order valence-corrected chi connectivity index (χ2v) is 6.17. The molecule has 2 aromatic carbocycles. The van der Waals surface area contributed by atoms with Crippen molar-refractivity contribution in [1.29, 1.82) is 0 Å². The average Bonchev–Trinajstić information content (AvgIpc) is 2.93. The van der Waals surface area contributed by atoms with E-state index in [9.17, 15) is 18.7 Å². The molecule has 0 saturated heterocycles. The van der Waals surface area contributed by atoms with Gasteiger partial charge < -0.3 is 15.0 Å². The van der Waals surface area contributed by atoms with Gasteiger partial charge in [0.15, 0.2) is 0 Å². The van der Waals surface area contributed by atoms with Crippen molar-refractivity contribution in [1.82, 2.24) is 14.9 Å². The number of para-hydroxylation sites is 2. The summed E-state index contributed by atoms with van der Waals surface area (Å²) in [7, 11) is 0. The molecule has 0 aliphatic heterocycles. The number of halogens is 2. The van der Waals surface area contributed by atoms with Crippen LogP contribution in [0.2, 0.25) is 0 Å². The molecule has 0 unspecified atom stereocenters. The van der Waals surface area contributed by atoms with Crippen LogP contribution in [0.1, 0.15) is 37.4 Å². The Balaban J connectivity index is 2.01. The molecule has 5 nitrogen and oxygen atoms in total. The summed E-state index contributed by atoms with van der Waals surface area (Å²) in [4.78, 5) is 15.9. The number of carbonyl (C=O) groups is 1. The number of aromatic nitrogens is 2. The summed E-state index contributed by atoms with van der Waals surface area (Å²) in [6.45, 7) is 3.21. The zero-order valence-electron chi connectivity index (χ0n) is 14.4. The van der Waals surface area contributed by atoms with Gasteiger partial charge in [-0.25, -0.2) is 13.8 Å². The molecule has 136 valence electrons. The number of rotatable bonds is 5. The van der Waals surface area contributed by atoms with Gasteiger partial charge in [-0.1, -0.05) is 18.2 Å². The lowest BCUT2D eigenvalue weighted by Crippen LogP contribution is -2.27. The molecule has 0 aliphatic carbocycles. The van der Waals surface area contributed by atoms with Crippen LogP contribution in [0.4, 0.5) is 8.78 Å². The predicted molar refractivity (Wildman–Crippen MR) is 93.3 cm³/mol. The van der Waals surface area contributed by atoms with Crippen LogP contribution in [0.3, 0.4) is 0 Å². The maximum atomic E-state index is 14.0. The van der Waals surface area contributed by atoms with E-state index >= 15 is 0 Å². The van der Waals surface area contributed by atoms with Crippen molar-refractivity contribution in [3.63, 3.8) is 0 Å². The van der Waals surface area contributed by atoms with E-state index in [1.165, 1.54) is 13.0 Å². The minimum atomic E-state index is -1.20. The van der Waals surface area contributed by atoms with Crippen LogP contribution in [0.5, 0.6) is 0 Å². The zero-order valence-corrected chi connectivity index (χ0v) is 14.4. The Morgan fingerprint density at radius 2 is 2.00 bits per heavy atom. The summed E-state index contributed by atoms with van der Waals surface area (Å²) < 4.78 is 28.8. The first kappa shape index (κ1) is 18.0. The number of imidazole rings is 1.